The Morgan fingerprint density at radius 1 is 1.14 bits per heavy atom. The zero-order chi connectivity index (χ0) is 10.1. The maximum absolute atomic E-state index is 11.0. The summed E-state index contributed by atoms with van der Waals surface area (Å²) in [6.07, 6.45) is 6.83. The fourth-order valence-corrected chi connectivity index (χ4v) is 3.27. The second-order valence-corrected chi connectivity index (χ2v) is 4.81. The van der Waals surface area contributed by atoms with Crippen molar-refractivity contribution in [2.24, 2.45) is 23.5 Å². The van der Waals surface area contributed by atoms with E-state index < -0.39 is 5.97 Å². The van der Waals surface area contributed by atoms with Gasteiger partial charge >= 0.3 is 5.97 Å². The predicted octanol–water partition coefficient (Wildman–Crippen LogP) is 1.61. The zero-order valence-electron chi connectivity index (χ0n) is 8.48. The van der Waals surface area contributed by atoms with Gasteiger partial charge in [0.1, 0.15) is 0 Å². The van der Waals surface area contributed by atoms with E-state index in [2.05, 4.69) is 0 Å². The Morgan fingerprint density at radius 2 is 1.86 bits per heavy atom. The minimum absolute atomic E-state index is 0.0912. The quantitative estimate of drug-likeness (QED) is 0.671. The third-order valence-electron chi connectivity index (χ3n) is 4.09. The van der Waals surface area contributed by atoms with Crippen molar-refractivity contribution in [1.82, 2.24) is 0 Å². The van der Waals surface area contributed by atoms with E-state index in [9.17, 15) is 4.79 Å². The van der Waals surface area contributed by atoms with Crippen LogP contribution < -0.4 is 5.73 Å². The molecule has 2 aliphatic rings. The lowest BCUT2D eigenvalue weighted by Crippen LogP contribution is -2.48. The molecule has 3 N–H and O–H groups in total. The second kappa shape index (κ2) is 3.89. The van der Waals surface area contributed by atoms with Gasteiger partial charge in [-0.2, -0.15) is 0 Å². The van der Waals surface area contributed by atoms with Crippen LogP contribution in [0.25, 0.3) is 0 Å². The van der Waals surface area contributed by atoms with Gasteiger partial charge in [0.2, 0.25) is 0 Å². The second-order valence-electron chi connectivity index (χ2n) is 4.81. The molecule has 2 rings (SSSR count). The van der Waals surface area contributed by atoms with Crippen molar-refractivity contribution in [3.05, 3.63) is 0 Å². The van der Waals surface area contributed by atoms with E-state index in [1.165, 1.54) is 19.3 Å². The molecule has 2 fully saturated rings. The third kappa shape index (κ3) is 1.65. The summed E-state index contributed by atoms with van der Waals surface area (Å²) in [6, 6.07) is -0.0912. The smallest absolute Gasteiger partial charge is 0.308 e. The van der Waals surface area contributed by atoms with Crippen molar-refractivity contribution >= 4 is 5.97 Å². The molecule has 14 heavy (non-hydrogen) atoms. The van der Waals surface area contributed by atoms with E-state index in [1.54, 1.807) is 0 Å². The van der Waals surface area contributed by atoms with Crippen molar-refractivity contribution in [2.75, 3.05) is 0 Å². The molecule has 0 heterocycles. The number of rotatable bonds is 1. The maximum atomic E-state index is 11.0. The first kappa shape index (κ1) is 9.97. The molecule has 3 nitrogen and oxygen atoms in total. The van der Waals surface area contributed by atoms with Gasteiger partial charge in [-0.25, -0.2) is 0 Å². The van der Waals surface area contributed by atoms with Gasteiger partial charge < -0.3 is 10.8 Å². The minimum Gasteiger partial charge on any atom is -0.481 e. The molecule has 4 atom stereocenters. The summed E-state index contributed by atoms with van der Waals surface area (Å²) in [5, 5.41) is 9.02. The largest absolute Gasteiger partial charge is 0.481 e. The molecule has 2 saturated carbocycles. The van der Waals surface area contributed by atoms with Crippen LogP contribution in [0.2, 0.25) is 0 Å². The Balaban J connectivity index is 2.06. The highest BCUT2D eigenvalue weighted by Crippen LogP contribution is 2.42. The van der Waals surface area contributed by atoms with E-state index in [0.717, 1.165) is 19.3 Å². The molecular weight excluding hydrogens is 178 g/mol. The standard InChI is InChI=1S/C11H19NO2/c12-10-8-4-2-1-3-7(8)5-6-9(10)11(13)14/h7-10H,1-6,12H2,(H,13,14). The number of carboxylic acid groups (broad SMARTS) is 1. The molecule has 0 aromatic rings. The highest BCUT2D eigenvalue weighted by atomic mass is 16.4. The number of aliphatic carboxylic acids is 1. The van der Waals surface area contributed by atoms with Crippen molar-refractivity contribution in [2.45, 2.75) is 44.6 Å². The molecule has 3 heteroatoms. The Hall–Kier alpha value is -0.570. The van der Waals surface area contributed by atoms with E-state index in [1.807, 2.05) is 0 Å². The number of carbonyl (C=O) groups is 1. The summed E-state index contributed by atoms with van der Waals surface area (Å²) >= 11 is 0. The normalized spacial score (nSPS) is 42.9. The van der Waals surface area contributed by atoms with Crippen LogP contribution in [0, 0.1) is 17.8 Å². The summed E-state index contributed by atoms with van der Waals surface area (Å²) in [5.74, 6) is 0.226. The lowest BCUT2D eigenvalue weighted by molar-refractivity contribution is -0.145. The number of nitrogens with two attached hydrogens (primary N) is 1. The fourth-order valence-electron chi connectivity index (χ4n) is 3.27. The molecule has 0 aromatic carbocycles. The number of fused-ring (bicyclic) bond motifs is 1. The van der Waals surface area contributed by atoms with Crippen LogP contribution in [0.15, 0.2) is 0 Å². The SMILES string of the molecule is NC1C(C(=O)O)CCC2CCCCC21. The molecule has 0 radical (unpaired) electrons. The van der Waals surface area contributed by atoms with Gasteiger partial charge in [-0.1, -0.05) is 19.3 Å². The highest BCUT2D eigenvalue weighted by Gasteiger charge is 2.41. The lowest BCUT2D eigenvalue weighted by Gasteiger charge is -2.42. The Morgan fingerprint density at radius 3 is 2.57 bits per heavy atom. The van der Waals surface area contributed by atoms with Gasteiger partial charge in [0.05, 0.1) is 5.92 Å². The first-order valence-electron chi connectivity index (χ1n) is 5.68. The first-order chi connectivity index (χ1) is 6.70. The average Bonchev–Trinajstić information content (AvgIpc) is 2.18. The van der Waals surface area contributed by atoms with Gasteiger partial charge in [0, 0.05) is 6.04 Å². The highest BCUT2D eigenvalue weighted by molar-refractivity contribution is 5.71. The first-order valence-corrected chi connectivity index (χ1v) is 5.68. The van der Waals surface area contributed by atoms with E-state index in [-0.39, 0.29) is 12.0 Å². The Labute approximate surface area is 84.7 Å². The topological polar surface area (TPSA) is 63.3 Å². The molecule has 0 aromatic heterocycles. The molecular formula is C11H19NO2. The van der Waals surface area contributed by atoms with Crippen LogP contribution >= 0.6 is 0 Å². The van der Waals surface area contributed by atoms with Crippen molar-refractivity contribution in [1.29, 1.82) is 0 Å². The summed E-state index contributed by atoms with van der Waals surface area (Å²) in [4.78, 5) is 11.0. The lowest BCUT2D eigenvalue weighted by atomic mass is 9.65. The third-order valence-corrected chi connectivity index (χ3v) is 4.09. The molecule has 4 unspecified atom stereocenters. The van der Waals surface area contributed by atoms with E-state index in [0.29, 0.717) is 11.8 Å². The van der Waals surface area contributed by atoms with Gasteiger partial charge in [-0.3, -0.25) is 4.79 Å². The minimum atomic E-state index is -0.693. The number of hydrogen-bond donors (Lipinski definition) is 2. The van der Waals surface area contributed by atoms with Gasteiger partial charge in [-0.05, 0) is 31.1 Å². The Bertz CT molecular complexity index is 229. The van der Waals surface area contributed by atoms with Gasteiger partial charge in [0.25, 0.3) is 0 Å². The van der Waals surface area contributed by atoms with Crippen molar-refractivity contribution in [3.8, 4) is 0 Å². The Kier molecular flexibility index (Phi) is 2.77. The molecule has 0 bridgehead atoms. The van der Waals surface area contributed by atoms with Gasteiger partial charge in [-0.15, -0.1) is 0 Å². The van der Waals surface area contributed by atoms with Crippen LogP contribution in [-0.2, 0) is 4.79 Å². The van der Waals surface area contributed by atoms with Crippen molar-refractivity contribution < 1.29 is 9.90 Å². The monoisotopic (exact) mass is 197 g/mol. The summed E-state index contributed by atoms with van der Waals surface area (Å²) in [6.45, 7) is 0. The maximum Gasteiger partial charge on any atom is 0.308 e. The molecule has 0 spiro atoms. The molecule has 80 valence electrons. The molecule has 0 aliphatic heterocycles. The summed E-state index contributed by atoms with van der Waals surface area (Å²) in [5.41, 5.74) is 6.05. The molecule has 0 saturated heterocycles. The van der Waals surface area contributed by atoms with Crippen LogP contribution in [0.5, 0.6) is 0 Å². The van der Waals surface area contributed by atoms with Crippen LogP contribution in [0.1, 0.15) is 38.5 Å². The molecule has 0 amide bonds. The van der Waals surface area contributed by atoms with E-state index in [4.69, 9.17) is 10.8 Å². The van der Waals surface area contributed by atoms with Crippen LogP contribution in [-0.4, -0.2) is 17.1 Å². The molecule has 2 aliphatic carbocycles. The summed E-state index contributed by atoms with van der Waals surface area (Å²) in [7, 11) is 0. The predicted molar refractivity (Wildman–Crippen MR) is 53.8 cm³/mol. The average molecular weight is 197 g/mol. The van der Waals surface area contributed by atoms with Crippen molar-refractivity contribution in [3.63, 3.8) is 0 Å². The number of carboxylic acids is 1. The van der Waals surface area contributed by atoms with E-state index >= 15 is 0 Å². The van der Waals surface area contributed by atoms with Crippen LogP contribution in [0.3, 0.4) is 0 Å². The zero-order valence-corrected chi connectivity index (χ0v) is 8.48. The fraction of sp³-hybridized carbons (Fsp3) is 0.909. The summed E-state index contributed by atoms with van der Waals surface area (Å²) < 4.78 is 0. The number of hydrogen-bond acceptors (Lipinski definition) is 2. The van der Waals surface area contributed by atoms with Gasteiger partial charge in [0.15, 0.2) is 0 Å². The van der Waals surface area contributed by atoms with Crippen LogP contribution in [0.4, 0.5) is 0 Å².